The van der Waals surface area contributed by atoms with Gasteiger partial charge in [0.15, 0.2) is 11.5 Å². The van der Waals surface area contributed by atoms with Crippen LogP contribution in [0.25, 0.3) is 5.76 Å². The Labute approximate surface area is 218 Å². The van der Waals surface area contributed by atoms with Gasteiger partial charge in [-0.15, -0.1) is 0 Å². The Balaban J connectivity index is 1.45. The second kappa shape index (κ2) is 9.82. The topological polar surface area (TPSA) is 98.4 Å². The largest absolute Gasteiger partial charge is 0.507 e. The van der Waals surface area contributed by atoms with Crippen LogP contribution in [0.15, 0.2) is 101 Å². The van der Waals surface area contributed by atoms with E-state index in [1.807, 2.05) is 30.3 Å². The second-order valence-electron chi connectivity index (χ2n) is 8.85. The summed E-state index contributed by atoms with van der Waals surface area (Å²) >= 11 is 0. The number of nitrogens with zero attached hydrogens (tertiary/aromatic N) is 1. The Hall–Kier alpha value is -4.98. The number of ether oxygens (including phenoxy) is 3. The van der Waals surface area contributed by atoms with Gasteiger partial charge in [-0.25, -0.2) is 0 Å². The quantitative estimate of drug-likeness (QED) is 0.209. The number of para-hydroxylation sites is 1. The predicted molar refractivity (Wildman–Crippen MR) is 137 cm³/mol. The van der Waals surface area contributed by atoms with E-state index in [1.54, 1.807) is 54.6 Å². The first-order chi connectivity index (χ1) is 18.6. The number of benzene rings is 3. The van der Waals surface area contributed by atoms with Crippen molar-refractivity contribution < 1.29 is 33.3 Å². The number of carbonyl (C=O) groups is 2. The molecule has 6 rings (SSSR count). The van der Waals surface area contributed by atoms with Crippen molar-refractivity contribution in [1.29, 1.82) is 0 Å². The van der Waals surface area contributed by atoms with Crippen molar-refractivity contribution in [2.45, 2.75) is 12.6 Å². The summed E-state index contributed by atoms with van der Waals surface area (Å²) in [4.78, 5) is 28.1. The Morgan fingerprint density at radius 2 is 1.66 bits per heavy atom. The zero-order chi connectivity index (χ0) is 26.1. The van der Waals surface area contributed by atoms with Gasteiger partial charge in [-0.05, 0) is 60.2 Å². The number of aliphatic hydroxyl groups is 1. The van der Waals surface area contributed by atoms with Gasteiger partial charge in [0, 0.05) is 5.56 Å². The third-order valence-corrected chi connectivity index (χ3v) is 6.41. The number of Topliss-reactive ketones (excluding diaryl/α,β-unsaturated/α-hetero) is 1. The van der Waals surface area contributed by atoms with E-state index in [2.05, 4.69) is 0 Å². The van der Waals surface area contributed by atoms with Gasteiger partial charge in [-0.1, -0.05) is 30.3 Å². The number of ketones is 1. The Morgan fingerprint density at radius 3 is 2.45 bits per heavy atom. The van der Waals surface area contributed by atoms with Crippen LogP contribution in [0.2, 0.25) is 0 Å². The summed E-state index contributed by atoms with van der Waals surface area (Å²) in [5.41, 5.74) is 0.908. The van der Waals surface area contributed by atoms with Crippen LogP contribution in [0.5, 0.6) is 23.0 Å². The Bertz CT molecular complexity index is 1530. The lowest BCUT2D eigenvalue weighted by Crippen LogP contribution is -2.29. The molecule has 190 valence electrons. The van der Waals surface area contributed by atoms with Crippen molar-refractivity contribution in [2.24, 2.45) is 0 Å². The average molecular weight is 510 g/mol. The molecule has 0 aliphatic carbocycles. The van der Waals surface area contributed by atoms with Gasteiger partial charge in [0.25, 0.3) is 11.7 Å². The van der Waals surface area contributed by atoms with Crippen LogP contribution < -0.4 is 14.2 Å². The fourth-order valence-electron chi connectivity index (χ4n) is 4.68. The highest BCUT2D eigenvalue weighted by Gasteiger charge is 2.46. The Kier molecular flexibility index (Phi) is 6.05. The minimum atomic E-state index is -0.882. The van der Waals surface area contributed by atoms with Gasteiger partial charge < -0.3 is 28.6 Å². The number of rotatable bonds is 6. The third kappa shape index (κ3) is 4.37. The molecule has 3 aromatic carbocycles. The molecule has 1 unspecified atom stereocenters. The zero-order valence-corrected chi connectivity index (χ0v) is 20.2. The van der Waals surface area contributed by atoms with Crippen LogP contribution in [-0.4, -0.2) is 34.9 Å². The average Bonchev–Trinajstić information content (AvgIpc) is 3.55. The second-order valence-corrected chi connectivity index (χ2v) is 8.85. The maximum absolute atomic E-state index is 13.4. The summed E-state index contributed by atoms with van der Waals surface area (Å²) in [7, 11) is 0. The van der Waals surface area contributed by atoms with Gasteiger partial charge in [0.1, 0.15) is 36.2 Å². The monoisotopic (exact) mass is 509 g/mol. The van der Waals surface area contributed by atoms with Crippen LogP contribution in [-0.2, 0) is 16.1 Å². The van der Waals surface area contributed by atoms with E-state index in [9.17, 15) is 14.7 Å². The normalized spacial score (nSPS) is 18.0. The van der Waals surface area contributed by atoms with E-state index in [4.69, 9.17) is 18.6 Å². The lowest BCUT2D eigenvalue weighted by atomic mass is 9.95. The lowest BCUT2D eigenvalue weighted by Gasteiger charge is -2.25. The number of likely N-dealkylation sites (tertiary alicyclic amines) is 1. The summed E-state index contributed by atoms with van der Waals surface area (Å²) in [6.07, 6.45) is 1.50. The van der Waals surface area contributed by atoms with E-state index >= 15 is 0 Å². The van der Waals surface area contributed by atoms with Crippen molar-refractivity contribution in [3.8, 4) is 23.0 Å². The first-order valence-electron chi connectivity index (χ1n) is 12.1. The highest BCUT2D eigenvalue weighted by molar-refractivity contribution is 6.46. The molecular weight excluding hydrogens is 486 g/mol. The van der Waals surface area contributed by atoms with Crippen molar-refractivity contribution in [2.75, 3.05) is 13.2 Å². The number of fused-ring (bicyclic) bond motifs is 1. The van der Waals surface area contributed by atoms with E-state index in [0.717, 1.165) is 0 Å². The number of furan rings is 1. The van der Waals surface area contributed by atoms with Gasteiger partial charge >= 0.3 is 0 Å². The molecule has 0 spiro atoms. The molecule has 38 heavy (non-hydrogen) atoms. The molecule has 2 aliphatic heterocycles. The zero-order valence-electron chi connectivity index (χ0n) is 20.2. The van der Waals surface area contributed by atoms with E-state index in [-0.39, 0.29) is 17.9 Å². The molecule has 1 N–H and O–H groups in total. The van der Waals surface area contributed by atoms with Gasteiger partial charge in [-0.2, -0.15) is 0 Å². The highest BCUT2D eigenvalue weighted by atomic mass is 16.6. The molecule has 4 aromatic rings. The van der Waals surface area contributed by atoms with Crippen LogP contribution in [0.1, 0.15) is 22.9 Å². The standard InChI is InChI=1S/C30H23NO7/c32-28(20-11-12-24-25(17-20)37-15-14-36-24)26-27(31(30(34)29(26)33)18-23-10-5-13-35-23)19-6-4-9-22(16-19)38-21-7-2-1-3-8-21/h1-13,16-17,27,32H,14-15,18H2/b28-26+. The molecule has 0 bridgehead atoms. The van der Waals surface area contributed by atoms with Crippen molar-refractivity contribution in [1.82, 2.24) is 4.90 Å². The third-order valence-electron chi connectivity index (χ3n) is 6.41. The van der Waals surface area contributed by atoms with Gasteiger partial charge in [0.05, 0.1) is 24.4 Å². The lowest BCUT2D eigenvalue weighted by molar-refractivity contribution is -0.140. The first-order valence-corrected chi connectivity index (χ1v) is 12.1. The maximum atomic E-state index is 13.4. The van der Waals surface area contributed by atoms with Gasteiger partial charge in [0.2, 0.25) is 0 Å². The summed E-state index contributed by atoms with van der Waals surface area (Å²) in [6, 6.07) is 23.9. The molecular formula is C30H23NO7. The number of hydrogen-bond donors (Lipinski definition) is 1. The van der Waals surface area contributed by atoms with Crippen LogP contribution in [0, 0.1) is 0 Å². The van der Waals surface area contributed by atoms with Crippen molar-refractivity contribution in [3.05, 3.63) is 114 Å². The highest BCUT2D eigenvalue weighted by Crippen LogP contribution is 2.42. The first kappa shape index (κ1) is 23.4. The summed E-state index contributed by atoms with van der Waals surface area (Å²) in [5, 5.41) is 11.4. The molecule has 1 fully saturated rings. The SMILES string of the molecule is O=C1C(=O)N(Cc2ccco2)C(c2cccc(Oc3ccccc3)c2)/C1=C(\O)c1ccc2c(c1)OCCO2. The van der Waals surface area contributed by atoms with E-state index in [1.165, 1.54) is 11.2 Å². The van der Waals surface area contributed by atoms with Crippen molar-refractivity contribution in [3.63, 3.8) is 0 Å². The fraction of sp³-hybridized carbons (Fsp3) is 0.133. The molecule has 2 aliphatic rings. The fourth-order valence-corrected chi connectivity index (χ4v) is 4.68. The van der Waals surface area contributed by atoms with Crippen LogP contribution in [0.3, 0.4) is 0 Å². The molecule has 1 amide bonds. The smallest absolute Gasteiger partial charge is 0.296 e. The van der Waals surface area contributed by atoms with Crippen LogP contribution >= 0.6 is 0 Å². The molecule has 0 radical (unpaired) electrons. The molecule has 8 heteroatoms. The van der Waals surface area contributed by atoms with Crippen molar-refractivity contribution >= 4 is 17.4 Å². The van der Waals surface area contributed by atoms with Gasteiger partial charge in [-0.3, -0.25) is 9.59 Å². The van der Waals surface area contributed by atoms with E-state index in [0.29, 0.717) is 53.1 Å². The summed E-state index contributed by atoms with van der Waals surface area (Å²) in [6.45, 7) is 0.848. The minimum Gasteiger partial charge on any atom is -0.507 e. The molecule has 1 saturated heterocycles. The van der Waals surface area contributed by atoms with Crippen LogP contribution in [0.4, 0.5) is 0 Å². The Morgan fingerprint density at radius 1 is 0.868 bits per heavy atom. The predicted octanol–water partition coefficient (Wildman–Crippen LogP) is 5.47. The summed E-state index contributed by atoms with van der Waals surface area (Å²) in [5.74, 6) is 0.855. The number of carbonyl (C=O) groups excluding carboxylic acids is 2. The number of hydrogen-bond acceptors (Lipinski definition) is 7. The molecule has 0 saturated carbocycles. The number of amides is 1. The molecule has 1 atom stereocenters. The maximum Gasteiger partial charge on any atom is 0.296 e. The van der Waals surface area contributed by atoms with E-state index < -0.39 is 17.7 Å². The molecule has 1 aromatic heterocycles. The molecule has 8 nitrogen and oxygen atoms in total. The molecule has 3 heterocycles. The minimum absolute atomic E-state index is 0.0323. The summed E-state index contributed by atoms with van der Waals surface area (Å²) < 4.78 is 22.7. The number of aliphatic hydroxyl groups excluding tert-OH is 1.